The van der Waals surface area contributed by atoms with E-state index in [2.05, 4.69) is 0 Å². The first-order chi connectivity index (χ1) is 8.20. The van der Waals surface area contributed by atoms with Crippen LogP contribution in [0.4, 0.5) is 0 Å². The molecule has 0 radical (unpaired) electrons. The van der Waals surface area contributed by atoms with Crippen molar-refractivity contribution in [1.82, 2.24) is 0 Å². The van der Waals surface area contributed by atoms with Crippen molar-refractivity contribution in [3.05, 3.63) is 47.0 Å². The van der Waals surface area contributed by atoms with Crippen LogP contribution in [0.1, 0.15) is 27.6 Å². The summed E-state index contributed by atoms with van der Waals surface area (Å²) in [5.41, 5.74) is 1.55. The van der Waals surface area contributed by atoms with Gasteiger partial charge in [0, 0.05) is 16.7 Å². The third kappa shape index (κ3) is 4.01. The van der Waals surface area contributed by atoms with E-state index in [1.54, 1.807) is 31.2 Å². The smallest absolute Gasteiger partial charge is 0.303 e. The van der Waals surface area contributed by atoms with Gasteiger partial charge >= 0.3 is 7.82 Å². The number of ketones is 2. The molecule has 0 saturated carbocycles. The molecule has 1 aliphatic carbocycles. The fraction of sp³-hybridized carbons (Fsp3) is 0.0909. The molecule has 0 heterocycles. The van der Waals surface area contributed by atoms with Crippen LogP contribution in [0.5, 0.6) is 0 Å². The first kappa shape index (κ1) is 14.5. The summed E-state index contributed by atoms with van der Waals surface area (Å²) >= 11 is 0. The van der Waals surface area contributed by atoms with Gasteiger partial charge in [0.15, 0.2) is 11.6 Å². The van der Waals surface area contributed by atoms with E-state index in [9.17, 15) is 9.59 Å². The second-order valence-electron chi connectivity index (χ2n) is 3.58. The van der Waals surface area contributed by atoms with Crippen molar-refractivity contribution in [3.63, 3.8) is 0 Å². The quantitative estimate of drug-likeness (QED) is 0.608. The second kappa shape index (κ2) is 5.37. The van der Waals surface area contributed by atoms with Gasteiger partial charge in [-0.2, -0.15) is 0 Å². The monoisotopic (exact) mass is 270 g/mol. The molecule has 0 bridgehead atoms. The lowest BCUT2D eigenvalue weighted by molar-refractivity contribution is 0.0984. The van der Waals surface area contributed by atoms with Gasteiger partial charge in [0.25, 0.3) is 0 Å². The molecule has 0 spiro atoms. The molecule has 0 atom stereocenters. The Kier molecular flexibility index (Phi) is 4.32. The van der Waals surface area contributed by atoms with E-state index < -0.39 is 7.82 Å². The standard InChI is InChI=1S/C11H8O2.H3O4P/c1-7-6-10(12)8-4-2-3-5-9(8)11(7)13;1-5(2,3)4/h2-6H,1H3;(H3,1,2,3,4). The molecule has 7 heteroatoms. The van der Waals surface area contributed by atoms with Crippen LogP contribution >= 0.6 is 7.82 Å². The molecule has 0 saturated heterocycles. The second-order valence-corrected chi connectivity index (χ2v) is 4.61. The van der Waals surface area contributed by atoms with Crippen LogP contribution in [0.2, 0.25) is 0 Å². The Hall–Kier alpha value is -1.59. The maximum Gasteiger partial charge on any atom is 0.466 e. The minimum Gasteiger partial charge on any atom is -0.303 e. The number of allylic oxidation sites excluding steroid dienone is 2. The first-order valence-electron chi connectivity index (χ1n) is 4.85. The van der Waals surface area contributed by atoms with Crippen molar-refractivity contribution in [1.29, 1.82) is 0 Å². The highest BCUT2D eigenvalue weighted by atomic mass is 31.2. The molecule has 0 fully saturated rings. The van der Waals surface area contributed by atoms with Crippen molar-refractivity contribution < 1.29 is 28.8 Å². The van der Waals surface area contributed by atoms with Crippen molar-refractivity contribution in [2.75, 3.05) is 0 Å². The van der Waals surface area contributed by atoms with E-state index in [1.807, 2.05) is 0 Å². The number of Topliss-reactive ketones (excluding diaryl/α,β-unsaturated/α-hetero) is 1. The number of rotatable bonds is 0. The van der Waals surface area contributed by atoms with Crippen LogP contribution in [0.25, 0.3) is 0 Å². The topological polar surface area (TPSA) is 112 Å². The number of fused-ring (bicyclic) bond motifs is 1. The van der Waals surface area contributed by atoms with Crippen molar-refractivity contribution in [2.45, 2.75) is 6.92 Å². The van der Waals surface area contributed by atoms with Crippen molar-refractivity contribution in [3.8, 4) is 0 Å². The van der Waals surface area contributed by atoms with Gasteiger partial charge in [0.1, 0.15) is 0 Å². The van der Waals surface area contributed by atoms with Gasteiger partial charge in [0.05, 0.1) is 0 Å². The molecule has 3 N–H and O–H groups in total. The Bertz CT molecular complexity index is 560. The fourth-order valence-corrected chi connectivity index (χ4v) is 1.45. The lowest BCUT2D eigenvalue weighted by atomic mass is 9.90. The summed E-state index contributed by atoms with van der Waals surface area (Å²) in [6, 6.07) is 6.89. The minimum absolute atomic E-state index is 0.0461. The van der Waals surface area contributed by atoms with Gasteiger partial charge in [-0.3, -0.25) is 9.59 Å². The van der Waals surface area contributed by atoms with Gasteiger partial charge in [-0.05, 0) is 13.0 Å². The Morgan fingerprint density at radius 1 is 1.00 bits per heavy atom. The molecular weight excluding hydrogens is 259 g/mol. The van der Waals surface area contributed by atoms with Gasteiger partial charge in [0.2, 0.25) is 0 Å². The normalized spacial score (nSPS) is 14.3. The zero-order valence-corrected chi connectivity index (χ0v) is 10.3. The Morgan fingerprint density at radius 2 is 1.44 bits per heavy atom. The zero-order chi connectivity index (χ0) is 13.9. The summed E-state index contributed by atoms with van der Waals surface area (Å²) < 4.78 is 8.88. The van der Waals surface area contributed by atoms with Crippen molar-refractivity contribution >= 4 is 19.4 Å². The molecule has 18 heavy (non-hydrogen) atoms. The largest absolute Gasteiger partial charge is 0.466 e. The Balaban J connectivity index is 0.000000280. The molecule has 0 unspecified atom stereocenters. The van der Waals surface area contributed by atoms with E-state index in [0.29, 0.717) is 16.7 Å². The Labute approximate surface area is 103 Å². The summed E-state index contributed by atoms with van der Waals surface area (Å²) in [5.74, 6) is -0.122. The van der Waals surface area contributed by atoms with Crippen LogP contribution in [0.15, 0.2) is 35.9 Å². The molecule has 0 aromatic heterocycles. The van der Waals surface area contributed by atoms with E-state index in [-0.39, 0.29) is 11.6 Å². The van der Waals surface area contributed by atoms with Crippen LogP contribution in [-0.2, 0) is 4.57 Å². The summed E-state index contributed by atoms with van der Waals surface area (Å²) in [7, 11) is -4.64. The van der Waals surface area contributed by atoms with Gasteiger partial charge in [-0.25, -0.2) is 4.57 Å². The number of carbonyl (C=O) groups is 2. The summed E-state index contributed by atoms with van der Waals surface area (Å²) in [6.45, 7) is 1.66. The summed E-state index contributed by atoms with van der Waals surface area (Å²) in [4.78, 5) is 44.5. The molecule has 6 nitrogen and oxygen atoms in total. The molecule has 1 aromatic rings. The summed E-state index contributed by atoms with van der Waals surface area (Å²) in [6.07, 6.45) is 1.39. The molecular formula is C11H11O6P. The predicted molar refractivity (Wildman–Crippen MR) is 63.1 cm³/mol. The highest BCUT2D eigenvalue weighted by Gasteiger charge is 2.21. The number of hydrogen-bond acceptors (Lipinski definition) is 3. The predicted octanol–water partition coefficient (Wildman–Crippen LogP) is 1.08. The zero-order valence-electron chi connectivity index (χ0n) is 9.40. The fourth-order valence-electron chi connectivity index (χ4n) is 1.45. The van der Waals surface area contributed by atoms with Gasteiger partial charge in [-0.15, -0.1) is 0 Å². The van der Waals surface area contributed by atoms with Crippen molar-refractivity contribution in [2.24, 2.45) is 0 Å². The number of hydrogen-bond donors (Lipinski definition) is 3. The minimum atomic E-state index is -4.64. The highest BCUT2D eigenvalue weighted by Crippen LogP contribution is 2.25. The van der Waals surface area contributed by atoms with Crippen LogP contribution in [0.3, 0.4) is 0 Å². The van der Waals surface area contributed by atoms with Gasteiger partial charge < -0.3 is 14.7 Å². The number of carbonyl (C=O) groups excluding carboxylic acids is 2. The molecule has 1 aliphatic rings. The maximum atomic E-state index is 11.5. The number of benzene rings is 1. The number of phosphoric acid groups is 1. The molecule has 1 aromatic carbocycles. The summed E-state index contributed by atoms with van der Waals surface area (Å²) in [5, 5.41) is 0. The highest BCUT2D eigenvalue weighted by molar-refractivity contribution is 7.45. The molecule has 0 amide bonds. The average molecular weight is 270 g/mol. The van der Waals surface area contributed by atoms with Crippen LogP contribution in [0, 0.1) is 0 Å². The SMILES string of the molecule is CC1=CC(=O)c2ccccc2C1=O.O=P(O)(O)O. The average Bonchev–Trinajstić information content (AvgIpc) is 2.24. The van der Waals surface area contributed by atoms with E-state index in [0.717, 1.165) is 0 Å². The molecule has 0 aliphatic heterocycles. The third-order valence-corrected chi connectivity index (χ3v) is 2.14. The van der Waals surface area contributed by atoms with E-state index in [4.69, 9.17) is 19.2 Å². The lowest BCUT2D eigenvalue weighted by Crippen LogP contribution is -2.14. The van der Waals surface area contributed by atoms with Crippen LogP contribution < -0.4 is 0 Å². The first-order valence-corrected chi connectivity index (χ1v) is 6.41. The Morgan fingerprint density at radius 3 is 1.94 bits per heavy atom. The lowest BCUT2D eigenvalue weighted by Gasteiger charge is -2.11. The third-order valence-electron chi connectivity index (χ3n) is 2.14. The molecule has 2 rings (SSSR count). The van der Waals surface area contributed by atoms with E-state index >= 15 is 0 Å². The van der Waals surface area contributed by atoms with E-state index in [1.165, 1.54) is 6.08 Å². The van der Waals surface area contributed by atoms with Crippen LogP contribution in [-0.4, -0.2) is 26.2 Å². The molecule has 96 valence electrons. The van der Waals surface area contributed by atoms with Gasteiger partial charge in [-0.1, -0.05) is 24.3 Å². The maximum absolute atomic E-state index is 11.5.